The molecule has 0 saturated heterocycles. The van der Waals surface area contributed by atoms with Crippen molar-refractivity contribution >= 4 is 5.82 Å². The maximum Gasteiger partial charge on any atom is 0.416 e. The van der Waals surface area contributed by atoms with Crippen LogP contribution in [0.15, 0.2) is 48.7 Å². The molecule has 0 aliphatic rings. The summed E-state index contributed by atoms with van der Waals surface area (Å²) in [5.74, 6) is 0.344. The van der Waals surface area contributed by atoms with Crippen LogP contribution in [-0.2, 0) is 6.18 Å². The van der Waals surface area contributed by atoms with E-state index in [0.29, 0.717) is 11.3 Å². The second-order valence-electron chi connectivity index (χ2n) is 5.83. The van der Waals surface area contributed by atoms with E-state index < -0.39 is 17.8 Å². The van der Waals surface area contributed by atoms with Crippen LogP contribution in [0.4, 0.5) is 19.0 Å². The third kappa shape index (κ3) is 4.41. The Labute approximate surface area is 157 Å². The molecular weight excluding hydrogens is 375 g/mol. The van der Waals surface area contributed by atoms with Crippen LogP contribution < -0.4 is 5.32 Å². The highest BCUT2D eigenvalue weighted by Gasteiger charge is 2.30. The van der Waals surface area contributed by atoms with Crippen molar-refractivity contribution in [1.29, 1.82) is 0 Å². The van der Waals surface area contributed by atoms with E-state index in [1.807, 2.05) is 0 Å². The van der Waals surface area contributed by atoms with Crippen molar-refractivity contribution in [3.05, 3.63) is 54.2 Å². The zero-order chi connectivity index (χ0) is 20.1. The molecule has 0 aliphatic carbocycles. The van der Waals surface area contributed by atoms with E-state index in [1.165, 1.54) is 12.1 Å². The number of hydrogen-bond donors (Lipinski definition) is 3. The van der Waals surface area contributed by atoms with Crippen molar-refractivity contribution < 1.29 is 23.4 Å². The van der Waals surface area contributed by atoms with Crippen molar-refractivity contribution in [2.75, 3.05) is 18.5 Å². The number of rotatable bonds is 6. The minimum absolute atomic E-state index is 0.156. The number of benzene rings is 1. The van der Waals surface area contributed by atoms with Gasteiger partial charge in [0.25, 0.3) is 0 Å². The van der Waals surface area contributed by atoms with Gasteiger partial charge in [0.05, 0.1) is 24.8 Å². The lowest BCUT2D eigenvalue weighted by molar-refractivity contribution is -0.137. The van der Waals surface area contributed by atoms with E-state index in [2.05, 4.69) is 25.5 Å². The van der Waals surface area contributed by atoms with E-state index >= 15 is 0 Å². The van der Waals surface area contributed by atoms with Gasteiger partial charge in [-0.3, -0.25) is 4.98 Å². The molecule has 2 heterocycles. The largest absolute Gasteiger partial charge is 0.416 e. The molecule has 0 fully saturated rings. The predicted molar refractivity (Wildman–Crippen MR) is 95.1 cm³/mol. The summed E-state index contributed by atoms with van der Waals surface area (Å²) in [7, 11) is 0. The summed E-state index contributed by atoms with van der Waals surface area (Å²) in [5, 5.41) is 29.6. The zero-order valence-corrected chi connectivity index (χ0v) is 14.4. The molecule has 0 aliphatic heterocycles. The Morgan fingerprint density at radius 3 is 2.25 bits per heavy atom. The van der Waals surface area contributed by atoms with Crippen LogP contribution in [0.2, 0.25) is 0 Å². The van der Waals surface area contributed by atoms with Gasteiger partial charge in [-0.1, -0.05) is 18.2 Å². The van der Waals surface area contributed by atoms with E-state index in [4.69, 9.17) is 0 Å². The first-order chi connectivity index (χ1) is 13.4. The molecule has 1 aromatic carbocycles. The molecular formula is C18H16F3N5O2. The van der Waals surface area contributed by atoms with Crippen LogP contribution in [0.5, 0.6) is 0 Å². The van der Waals surface area contributed by atoms with E-state index in [0.717, 1.165) is 12.1 Å². The molecule has 0 atom stereocenters. The monoisotopic (exact) mass is 391 g/mol. The Kier molecular flexibility index (Phi) is 5.81. The normalized spacial score (nSPS) is 11.6. The molecule has 0 spiro atoms. The molecule has 0 saturated carbocycles. The third-order valence-electron chi connectivity index (χ3n) is 3.85. The summed E-state index contributed by atoms with van der Waals surface area (Å²) < 4.78 is 38.4. The SMILES string of the molecule is OCC(CO)Nc1nc(-c2ccccn2)nnc1-c1ccc(C(F)(F)F)cc1. The molecule has 7 nitrogen and oxygen atoms in total. The number of aliphatic hydroxyl groups excluding tert-OH is 2. The van der Waals surface area contributed by atoms with Gasteiger partial charge in [-0.15, -0.1) is 10.2 Å². The fourth-order valence-electron chi connectivity index (χ4n) is 2.38. The maximum atomic E-state index is 12.8. The van der Waals surface area contributed by atoms with Gasteiger partial charge in [0, 0.05) is 11.8 Å². The van der Waals surface area contributed by atoms with Crippen molar-refractivity contribution in [3.63, 3.8) is 0 Å². The molecule has 3 N–H and O–H groups in total. The minimum atomic E-state index is -4.45. The molecule has 0 amide bonds. The molecule has 0 radical (unpaired) electrons. The number of nitrogens with zero attached hydrogens (tertiary/aromatic N) is 4. The Morgan fingerprint density at radius 1 is 0.964 bits per heavy atom. The average molecular weight is 391 g/mol. The average Bonchev–Trinajstić information content (AvgIpc) is 2.72. The Balaban J connectivity index is 2.04. The van der Waals surface area contributed by atoms with Gasteiger partial charge >= 0.3 is 6.18 Å². The summed E-state index contributed by atoms with van der Waals surface area (Å²) >= 11 is 0. The number of aliphatic hydroxyl groups is 2. The number of hydrogen-bond acceptors (Lipinski definition) is 7. The van der Waals surface area contributed by atoms with Crippen LogP contribution in [0.25, 0.3) is 22.8 Å². The first-order valence-corrected chi connectivity index (χ1v) is 8.24. The molecule has 3 aromatic rings. The Bertz CT molecular complexity index is 917. The maximum absolute atomic E-state index is 12.8. The van der Waals surface area contributed by atoms with Gasteiger partial charge in [0.15, 0.2) is 5.82 Å². The summed E-state index contributed by atoms with van der Waals surface area (Å²) in [4.78, 5) is 8.47. The lowest BCUT2D eigenvalue weighted by Gasteiger charge is -2.17. The number of alkyl halides is 3. The second kappa shape index (κ2) is 8.28. The number of aromatic nitrogens is 4. The predicted octanol–water partition coefficient (Wildman–Crippen LogP) is 2.38. The van der Waals surface area contributed by atoms with Gasteiger partial charge in [-0.2, -0.15) is 13.2 Å². The fourth-order valence-corrected chi connectivity index (χ4v) is 2.38. The third-order valence-corrected chi connectivity index (χ3v) is 3.85. The van der Waals surface area contributed by atoms with Crippen LogP contribution in [0.3, 0.4) is 0 Å². The molecule has 146 valence electrons. The van der Waals surface area contributed by atoms with E-state index in [9.17, 15) is 23.4 Å². The molecule has 3 rings (SSSR count). The molecule has 2 aromatic heterocycles. The Hall–Kier alpha value is -3.11. The van der Waals surface area contributed by atoms with Crippen molar-refractivity contribution in [2.24, 2.45) is 0 Å². The quantitative estimate of drug-likeness (QED) is 0.593. The lowest BCUT2D eigenvalue weighted by atomic mass is 10.1. The minimum Gasteiger partial charge on any atom is -0.394 e. The second-order valence-corrected chi connectivity index (χ2v) is 5.83. The van der Waals surface area contributed by atoms with Crippen molar-refractivity contribution in [1.82, 2.24) is 20.2 Å². The highest BCUT2D eigenvalue weighted by molar-refractivity contribution is 5.72. The van der Waals surface area contributed by atoms with Gasteiger partial charge in [-0.25, -0.2) is 4.98 Å². The first kappa shape index (κ1) is 19.6. The molecule has 28 heavy (non-hydrogen) atoms. The summed E-state index contributed by atoms with van der Waals surface area (Å²) in [5.41, 5.74) is 0.181. The Morgan fingerprint density at radius 2 is 1.68 bits per heavy atom. The smallest absolute Gasteiger partial charge is 0.394 e. The van der Waals surface area contributed by atoms with Gasteiger partial charge in [0.2, 0.25) is 5.82 Å². The van der Waals surface area contributed by atoms with Crippen molar-refractivity contribution in [2.45, 2.75) is 12.2 Å². The molecule has 0 unspecified atom stereocenters. The molecule has 0 bridgehead atoms. The van der Waals surface area contributed by atoms with Crippen LogP contribution in [0.1, 0.15) is 5.56 Å². The summed E-state index contributed by atoms with van der Waals surface area (Å²) in [6.07, 6.45) is -2.90. The van der Waals surface area contributed by atoms with Gasteiger partial charge < -0.3 is 15.5 Å². The van der Waals surface area contributed by atoms with Crippen LogP contribution in [-0.4, -0.2) is 49.6 Å². The standard InChI is InChI=1S/C18H16F3N5O2/c19-18(20,21)12-6-4-11(5-7-12)15-17(23-13(9-27)10-28)24-16(26-25-15)14-3-1-2-8-22-14/h1-8,13,27-28H,9-10H2,(H,23,24,26). The zero-order valence-electron chi connectivity index (χ0n) is 14.4. The number of pyridine rings is 1. The lowest BCUT2D eigenvalue weighted by Crippen LogP contribution is -2.28. The van der Waals surface area contributed by atoms with Crippen LogP contribution >= 0.6 is 0 Å². The van der Waals surface area contributed by atoms with Crippen LogP contribution in [0, 0.1) is 0 Å². The topological polar surface area (TPSA) is 104 Å². The highest BCUT2D eigenvalue weighted by Crippen LogP contribution is 2.32. The first-order valence-electron chi connectivity index (χ1n) is 8.24. The molecule has 10 heteroatoms. The van der Waals surface area contributed by atoms with Gasteiger partial charge in [0.1, 0.15) is 11.4 Å². The number of nitrogens with one attached hydrogen (secondary N) is 1. The number of halogens is 3. The number of anilines is 1. The fraction of sp³-hybridized carbons (Fsp3) is 0.222. The highest BCUT2D eigenvalue weighted by atomic mass is 19.4. The van der Waals surface area contributed by atoms with E-state index in [-0.39, 0.29) is 30.5 Å². The van der Waals surface area contributed by atoms with Crippen molar-refractivity contribution in [3.8, 4) is 22.8 Å². The van der Waals surface area contributed by atoms with Gasteiger partial charge in [-0.05, 0) is 24.3 Å². The van der Waals surface area contributed by atoms with E-state index in [1.54, 1.807) is 24.4 Å². The summed E-state index contributed by atoms with van der Waals surface area (Å²) in [6.45, 7) is -0.766. The summed E-state index contributed by atoms with van der Waals surface area (Å²) in [6, 6.07) is 8.79.